The SMILES string of the molecule is COC(=O)c1cccn(C2CCC[C@H]2O)c1=O. The zero-order valence-electron chi connectivity index (χ0n) is 9.63. The fraction of sp³-hybridized carbons (Fsp3) is 0.500. The van der Waals surface area contributed by atoms with Gasteiger partial charge in [0.2, 0.25) is 0 Å². The number of aliphatic hydroxyl groups is 1. The van der Waals surface area contributed by atoms with Gasteiger partial charge in [0.15, 0.2) is 0 Å². The number of methoxy groups -OCH3 is 1. The summed E-state index contributed by atoms with van der Waals surface area (Å²) in [5.41, 5.74) is -0.389. The molecule has 0 amide bonds. The molecule has 0 bridgehead atoms. The Bertz CT molecular complexity index is 480. The Kier molecular flexibility index (Phi) is 3.28. The Morgan fingerprint density at radius 1 is 1.53 bits per heavy atom. The molecule has 92 valence electrons. The molecule has 1 N–H and O–H groups in total. The maximum absolute atomic E-state index is 12.1. The Balaban J connectivity index is 2.42. The number of rotatable bonds is 2. The number of aliphatic hydroxyl groups excluding tert-OH is 1. The summed E-state index contributed by atoms with van der Waals surface area (Å²) in [6.45, 7) is 0. The van der Waals surface area contributed by atoms with Gasteiger partial charge in [-0.2, -0.15) is 0 Å². The van der Waals surface area contributed by atoms with Crippen LogP contribution in [-0.4, -0.2) is 28.9 Å². The fourth-order valence-corrected chi connectivity index (χ4v) is 2.28. The van der Waals surface area contributed by atoms with Gasteiger partial charge in [-0.25, -0.2) is 4.79 Å². The molecule has 2 rings (SSSR count). The number of carbonyl (C=O) groups excluding carboxylic acids is 1. The molecule has 0 spiro atoms. The summed E-state index contributed by atoms with van der Waals surface area (Å²) < 4.78 is 5.98. The lowest BCUT2D eigenvalue weighted by Crippen LogP contribution is -2.32. The van der Waals surface area contributed by atoms with E-state index in [1.54, 1.807) is 12.3 Å². The molecule has 0 radical (unpaired) electrons. The van der Waals surface area contributed by atoms with Crippen molar-refractivity contribution in [3.8, 4) is 0 Å². The molecule has 1 aliphatic rings. The monoisotopic (exact) mass is 237 g/mol. The zero-order valence-corrected chi connectivity index (χ0v) is 9.63. The summed E-state index contributed by atoms with van der Waals surface area (Å²) >= 11 is 0. The molecule has 1 heterocycles. The van der Waals surface area contributed by atoms with Crippen LogP contribution in [0.2, 0.25) is 0 Å². The first-order valence-electron chi connectivity index (χ1n) is 5.62. The maximum Gasteiger partial charge on any atom is 0.343 e. The van der Waals surface area contributed by atoms with E-state index in [-0.39, 0.29) is 11.6 Å². The molecule has 5 nitrogen and oxygen atoms in total. The van der Waals surface area contributed by atoms with E-state index in [2.05, 4.69) is 4.74 Å². The van der Waals surface area contributed by atoms with Crippen molar-refractivity contribution in [3.05, 3.63) is 34.2 Å². The van der Waals surface area contributed by atoms with E-state index >= 15 is 0 Å². The maximum atomic E-state index is 12.1. The molecule has 1 unspecified atom stereocenters. The third kappa shape index (κ3) is 2.10. The number of esters is 1. The van der Waals surface area contributed by atoms with Gasteiger partial charge in [0.05, 0.1) is 19.3 Å². The smallest absolute Gasteiger partial charge is 0.343 e. The first-order valence-corrected chi connectivity index (χ1v) is 5.62. The predicted molar refractivity (Wildman–Crippen MR) is 60.9 cm³/mol. The second kappa shape index (κ2) is 4.71. The van der Waals surface area contributed by atoms with E-state index in [0.717, 1.165) is 12.8 Å². The van der Waals surface area contributed by atoms with Crippen molar-refractivity contribution in [1.82, 2.24) is 4.57 Å². The van der Waals surface area contributed by atoms with Crippen molar-refractivity contribution < 1.29 is 14.6 Å². The Hall–Kier alpha value is -1.62. The zero-order chi connectivity index (χ0) is 12.4. The van der Waals surface area contributed by atoms with E-state index in [0.29, 0.717) is 6.42 Å². The standard InChI is InChI=1S/C12H15NO4/c1-17-12(16)8-4-3-7-13(11(8)15)9-5-2-6-10(9)14/h3-4,7,9-10,14H,2,5-6H2,1H3/t9?,10-/m1/s1. The molecule has 5 heteroatoms. The van der Waals surface area contributed by atoms with Crippen LogP contribution in [0.3, 0.4) is 0 Å². The van der Waals surface area contributed by atoms with Crippen LogP contribution < -0.4 is 5.56 Å². The van der Waals surface area contributed by atoms with Gasteiger partial charge in [0.25, 0.3) is 5.56 Å². The van der Waals surface area contributed by atoms with Gasteiger partial charge in [0, 0.05) is 6.20 Å². The van der Waals surface area contributed by atoms with Crippen molar-refractivity contribution in [2.24, 2.45) is 0 Å². The highest BCUT2D eigenvalue weighted by Crippen LogP contribution is 2.28. The van der Waals surface area contributed by atoms with Gasteiger partial charge in [-0.1, -0.05) is 0 Å². The van der Waals surface area contributed by atoms with Crippen LogP contribution in [0, 0.1) is 0 Å². The van der Waals surface area contributed by atoms with Gasteiger partial charge in [0.1, 0.15) is 5.56 Å². The number of ether oxygens (including phenoxy) is 1. The molecular formula is C12H15NO4. The van der Waals surface area contributed by atoms with Crippen LogP contribution >= 0.6 is 0 Å². The first kappa shape index (κ1) is 11.9. The van der Waals surface area contributed by atoms with Crippen molar-refractivity contribution in [1.29, 1.82) is 0 Å². The van der Waals surface area contributed by atoms with Crippen LogP contribution in [-0.2, 0) is 4.74 Å². The molecule has 2 atom stereocenters. The van der Waals surface area contributed by atoms with E-state index in [4.69, 9.17) is 0 Å². The van der Waals surface area contributed by atoms with Crippen LogP contribution in [0.4, 0.5) is 0 Å². The topological polar surface area (TPSA) is 68.5 Å². The lowest BCUT2D eigenvalue weighted by molar-refractivity contribution is 0.0596. The number of hydrogen-bond donors (Lipinski definition) is 1. The largest absolute Gasteiger partial charge is 0.465 e. The third-order valence-corrected chi connectivity index (χ3v) is 3.18. The van der Waals surface area contributed by atoms with Crippen LogP contribution in [0.15, 0.2) is 23.1 Å². The highest BCUT2D eigenvalue weighted by molar-refractivity contribution is 5.88. The molecule has 1 aromatic heterocycles. The minimum absolute atomic E-state index is 0.00843. The van der Waals surface area contributed by atoms with Crippen molar-refractivity contribution in [3.63, 3.8) is 0 Å². The summed E-state index contributed by atoms with van der Waals surface area (Å²) in [6, 6.07) is 2.83. The quantitative estimate of drug-likeness (QED) is 0.769. The van der Waals surface area contributed by atoms with E-state index in [9.17, 15) is 14.7 Å². The number of carbonyl (C=O) groups is 1. The van der Waals surface area contributed by atoms with Gasteiger partial charge in [-0.15, -0.1) is 0 Å². The first-order chi connectivity index (χ1) is 8.15. The molecule has 1 aliphatic carbocycles. The second-order valence-electron chi connectivity index (χ2n) is 4.19. The van der Waals surface area contributed by atoms with Crippen LogP contribution in [0.5, 0.6) is 0 Å². The fourth-order valence-electron chi connectivity index (χ4n) is 2.28. The van der Waals surface area contributed by atoms with Crippen LogP contribution in [0.1, 0.15) is 35.7 Å². The summed E-state index contributed by atoms with van der Waals surface area (Å²) in [5.74, 6) is -0.642. The van der Waals surface area contributed by atoms with Gasteiger partial charge in [-0.05, 0) is 31.4 Å². The summed E-state index contributed by atoms with van der Waals surface area (Å²) in [4.78, 5) is 23.4. The lowest BCUT2D eigenvalue weighted by Gasteiger charge is -2.18. The van der Waals surface area contributed by atoms with E-state index in [1.807, 2.05) is 0 Å². The highest BCUT2D eigenvalue weighted by Gasteiger charge is 2.28. The van der Waals surface area contributed by atoms with Gasteiger partial charge in [-0.3, -0.25) is 4.79 Å². The molecule has 1 aromatic rings. The Morgan fingerprint density at radius 3 is 2.88 bits per heavy atom. The minimum atomic E-state index is -0.642. The number of nitrogens with zero attached hydrogens (tertiary/aromatic N) is 1. The summed E-state index contributed by atoms with van der Waals surface area (Å²) in [6.07, 6.45) is 3.43. The van der Waals surface area contributed by atoms with Gasteiger partial charge >= 0.3 is 5.97 Å². The molecule has 17 heavy (non-hydrogen) atoms. The average Bonchev–Trinajstić information content (AvgIpc) is 2.75. The Morgan fingerprint density at radius 2 is 2.29 bits per heavy atom. The molecule has 0 aliphatic heterocycles. The van der Waals surface area contributed by atoms with Gasteiger partial charge < -0.3 is 14.4 Å². The van der Waals surface area contributed by atoms with Crippen LogP contribution in [0.25, 0.3) is 0 Å². The van der Waals surface area contributed by atoms with Crippen molar-refractivity contribution >= 4 is 5.97 Å². The van der Waals surface area contributed by atoms with Crippen molar-refractivity contribution in [2.75, 3.05) is 7.11 Å². The number of aromatic nitrogens is 1. The number of pyridine rings is 1. The lowest BCUT2D eigenvalue weighted by atomic mass is 10.2. The molecule has 1 fully saturated rings. The molecule has 0 aromatic carbocycles. The average molecular weight is 237 g/mol. The Labute approximate surface area is 98.6 Å². The highest BCUT2D eigenvalue weighted by atomic mass is 16.5. The third-order valence-electron chi connectivity index (χ3n) is 3.18. The predicted octanol–water partition coefficient (Wildman–Crippen LogP) is 0.721. The molecule has 0 saturated heterocycles. The normalized spacial score (nSPS) is 23.6. The van der Waals surface area contributed by atoms with Crippen molar-refractivity contribution in [2.45, 2.75) is 31.4 Å². The van der Waals surface area contributed by atoms with E-state index in [1.165, 1.54) is 17.7 Å². The summed E-state index contributed by atoms with van der Waals surface area (Å²) in [5, 5.41) is 9.78. The molecule has 1 saturated carbocycles. The van der Waals surface area contributed by atoms with E-state index < -0.39 is 17.6 Å². The minimum Gasteiger partial charge on any atom is -0.465 e. The summed E-state index contributed by atoms with van der Waals surface area (Å²) in [7, 11) is 1.24. The second-order valence-corrected chi connectivity index (χ2v) is 4.19. The number of hydrogen-bond acceptors (Lipinski definition) is 4. The molecular weight excluding hydrogens is 222 g/mol.